The zero-order valence-corrected chi connectivity index (χ0v) is 24.6. The summed E-state index contributed by atoms with van der Waals surface area (Å²) in [5.41, 5.74) is 4.56. The van der Waals surface area contributed by atoms with Gasteiger partial charge in [0.1, 0.15) is 5.82 Å². The standard InChI is InChI=1S/C41H26N2S/c1-2-9-31(10-3-1)43(41-25-40-38(26-42-41)37-12-6-7-13-39(37)44-40)32-19-14-27(15-20-32)29-17-21-34-30(24-29)18-23-35-33-11-5-4-8-28(33)16-22-36(34)35/h1-26H. The van der Waals surface area contributed by atoms with Gasteiger partial charge in [0.25, 0.3) is 0 Å². The van der Waals surface area contributed by atoms with Crippen LogP contribution in [0.1, 0.15) is 0 Å². The lowest BCUT2D eigenvalue weighted by Crippen LogP contribution is -2.11. The zero-order chi connectivity index (χ0) is 29.0. The zero-order valence-electron chi connectivity index (χ0n) is 23.8. The number of pyridine rings is 1. The van der Waals surface area contributed by atoms with E-state index in [1.165, 1.54) is 63.6 Å². The van der Waals surface area contributed by atoms with Crippen LogP contribution in [-0.4, -0.2) is 4.98 Å². The minimum Gasteiger partial charge on any atom is -0.295 e. The molecule has 0 unspecified atom stereocenters. The number of hydrogen-bond donors (Lipinski definition) is 0. The lowest BCUT2D eigenvalue weighted by atomic mass is 9.95. The predicted molar refractivity (Wildman–Crippen MR) is 190 cm³/mol. The van der Waals surface area contributed by atoms with Crippen molar-refractivity contribution < 1.29 is 0 Å². The minimum absolute atomic E-state index is 0.910. The second-order valence-electron chi connectivity index (χ2n) is 11.2. The van der Waals surface area contributed by atoms with Gasteiger partial charge in [-0.3, -0.25) is 4.90 Å². The molecule has 9 aromatic rings. The summed E-state index contributed by atoms with van der Waals surface area (Å²) >= 11 is 1.82. The molecule has 0 N–H and O–H groups in total. The third-order valence-electron chi connectivity index (χ3n) is 8.69. The van der Waals surface area contributed by atoms with Crippen molar-refractivity contribution in [1.82, 2.24) is 4.98 Å². The van der Waals surface area contributed by atoms with Crippen LogP contribution >= 0.6 is 11.3 Å². The summed E-state index contributed by atoms with van der Waals surface area (Å²) in [4.78, 5) is 7.21. The molecule has 2 nitrogen and oxygen atoms in total. The van der Waals surface area contributed by atoms with Crippen LogP contribution in [-0.2, 0) is 0 Å². The molecule has 0 aliphatic carbocycles. The highest BCUT2D eigenvalue weighted by atomic mass is 32.1. The van der Waals surface area contributed by atoms with Crippen LogP contribution in [0.2, 0.25) is 0 Å². The summed E-state index contributed by atoms with van der Waals surface area (Å²) in [6, 6.07) is 54.6. The fourth-order valence-corrected chi connectivity index (χ4v) is 7.64. The van der Waals surface area contributed by atoms with Crippen molar-refractivity contribution in [2.45, 2.75) is 0 Å². The Kier molecular flexibility index (Phi) is 5.71. The number of aromatic nitrogens is 1. The van der Waals surface area contributed by atoms with E-state index in [1.807, 2.05) is 17.5 Å². The van der Waals surface area contributed by atoms with Crippen molar-refractivity contribution in [3.05, 3.63) is 158 Å². The first-order valence-electron chi connectivity index (χ1n) is 14.9. The van der Waals surface area contributed by atoms with Crippen LogP contribution in [0.3, 0.4) is 0 Å². The van der Waals surface area contributed by atoms with Gasteiger partial charge in [-0.15, -0.1) is 11.3 Å². The molecule has 0 saturated carbocycles. The molecule has 0 aliphatic rings. The van der Waals surface area contributed by atoms with Crippen LogP contribution in [0.4, 0.5) is 17.2 Å². The van der Waals surface area contributed by atoms with Crippen LogP contribution < -0.4 is 4.90 Å². The van der Waals surface area contributed by atoms with Crippen molar-refractivity contribution in [3.63, 3.8) is 0 Å². The van der Waals surface area contributed by atoms with Gasteiger partial charge in [0.2, 0.25) is 0 Å². The lowest BCUT2D eigenvalue weighted by molar-refractivity contribution is 1.19. The topological polar surface area (TPSA) is 16.1 Å². The monoisotopic (exact) mass is 578 g/mol. The molecule has 0 saturated heterocycles. The Morgan fingerprint density at radius 2 is 1.05 bits per heavy atom. The maximum absolute atomic E-state index is 4.97. The number of hydrogen-bond acceptors (Lipinski definition) is 3. The Bertz CT molecular complexity index is 2490. The first kappa shape index (κ1) is 25.0. The van der Waals surface area contributed by atoms with Crippen LogP contribution in [0.25, 0.3) is 63.6 Å². The highest BCUT2D eigenvalue weighted by Gasteiger charge is 2.16. The van der Waals surface area contributed by atoms with E-state index in [9.17, 15) is 0 Å². The summed E-state index contributed by atoms with van der Waals surface area (Å²) in [5, 5.41) is 10.2. The van der Waals surface area contributed by atoms with Crippen molar-refractivity contribution in [1.29, 1.82) is 0 Å². The summed E-state index contributed by atoms with van der Waals surface area (Å²) in [7, 11) is 0. The minimum atomic E-state index is 0.910. The average molecular weight is 579 g/mol. The molecule has 0 aliphatic heterocycles. The average Bonchev–Trinajstić information content (AvgIpc) is 3.46. The molecule has 0 spiro atoms. The molecule has 206 valence electrons. The molecule has 0 amide bonds. The number of rotatable bonds is 4. The first-order chi connectivity index (χ1) is 21.8. The van der Waals surface area contributed by atoms with E-state index in [1.54, 1.807) is 0 Å². The fraction of sp³-hybridized carbons (Fsp3) is 0. The molecular formula is C41H26N2S. The Labute approximate surface area is 259 Å². The van der Waals surface area contributed by atoms with Gasteiger partial charge in [-0.05, 0) is 85.9 Å². The smallest absolute Gasteiger partial charge is 0.138 e. The van der Waals surface area contributed by atoms with E-state index >= 15 is 0 Å². The molecule has 0 bridgehead atoms. The van der Waals surface area contributed by atoms with Crippen molar-refractivity contribution in [3.8, 4) is 11.1 Å². The molecule has 0 atom stereocenters. The van der Waals surface area contributed by atoms with Crippen molar-refractivity contribution >= 4 is 81.0 Å². The maximum atomic E-state index is 4.97. The van der Waals surface area contributed by atoms with Gasteiger partial charge in [0, 0.05) is 37.7 Å². The highest BCUT2D eigenvalue weighted by Crippen LogP contribution is 2.40. The number of benzene rings is 7. The lowest BCUT2D eigenvalue weighted by Gasteiger charge is -2.24. The summed E-state index contributed by atoms with van der Waals surface area (Å²) < 4.78 is 2.53. The molecule has 7 aromatic carbocycles. The van der Waals surface area contributed by atoms with Crippen molar-refractivity contribution in [2.24, 2.45) is 0 Å². The second-order valence-corrected chi connectivity index (χ2v) is 12.3. The summed E-state index contributed by atoms with van der Waals surface area (Å²) in [5.74, 6) is 0.910. The summed E-state index contributed by atoms with van der Waals surface area (Å²) in [6.45, 7) is 0. The Balaban J connectivity index is 1.11. The normalized spacial score (nSPS) is 11.6. The maximum Gasteiger partial charge on any atom is 0.138 e. The molecular weight excluding hydrogens is 553 g/mol. The van der Waals surface area contributed by atoms with Crippen molar-refractivity contribution in [2.75, 3.05) is 4.90 Å². The van der Waals surface area contributed by atoms with Gasteiger partial charge in [-0.2, -0.15) is 0 Å². The number of fused-ring (bicyclic) bond motifs is 8. The summed E-state index contributed by atoms with van der Waals surface area (Å²) in [6.07, 6.45) is 2.02. The van der Waals surface area contributed by atoms with Crippen LogP contribution in [0, 0.1) is 0 Å². The Morgan fingerprint density at radius 3 is 1.89 bits per heavy atom. The van der Waals surface area contributed by atoms with Gasteiger partial charge in [-0.25, -0.2) is 4.98 Å². The molecule has 9 rings (SSSR count). The molecule has 0 fully saturated rings. The van der Waals surface area contributed by atoms with Gasteiger partial charge >= 0.3 is 0 Å². The van der Waals surface area contributed by atoms with E-state index in [2.05, 4.69) is 157 Å². The van der Waals surface area contributed by atoms with E-state index in [4.69, 9.17) is 4.98 Å². The quantitative estimate of drug-likeness (QED) is 0.193. The fourth-order valence-electron chi connectivity index (χ4n) is 6.53. The van der Waals surface area contributed by atoms with Gasteiger partial charge < -0.3 is 0 Å². The number of para-hydroxylation sites is 1. The van der Waals surface area contributed by atoms with E-state index in [-0.39, 0.29) is 0 Å². The Morgan fingerprint density at radius 1 is 0.409 bits per heavy atom. The van der Waals surface area contributed by atoms with E-state index in [0.717, 1.165) is 17.2 Å². The largest absolute Gasteiger partial charge is 0.295 e. The SMILES string of the molecule is c1ccc(N(c2ccc(-c3ccc4c(ccc5c6ccccc6ccc45)c3)cc2)c2cc3sc4ccccc4c3cn2)cc1. The number of nitrogens with zero attached hydrogens (tertiary/aromatic N) is 2. The molecule has 2 aromatic heterocycles. The van der Waals surface area contributed by atoms with E-state index < -0.39 is 0 Å². The van der Waals surface area contributed by atoms with Gasteiger partial charge in [-0.1, -0.05) is 109 Å². The molecule has 3 heteroatoms. The number of anilines is 3. The Hall–Kier alpha value is -5.51. The van der Waals surface area contributed by atoms with E-state index in [0.29, 0.717) is 0 Å². The molecule has 0 radical (unpaired) electrons. The third-order valence-corrected chi connectivity index (χ3v) is 9.83. The molecule has 2 heterocycles. The second kappa shape index (κ2) is 10.0. The van der Waals surface area contributed by atoms with Crippen LogP contribution in [0.15, 0.2) is 158 Å². The highest BCUT2D eigenvalue weighted by molar-refractivity contribution is 7.25. The predicted octanol–water partition coefficient (Wildman–Crippen LogP) is 12.0. The van der Waals surface area contributed by atoms with Gasteiger partial charge in [0.05, 0.1) is 0 Å². The third kappa shape index (κ3) is 4.05. The number of thiophene rings is 1. The first-order valence-corrected chi connectivity index (χ1v) is 15.7. The molecule has 44 heavy (non-hydrogen) atoms. The van der Waals surface area contributed by atoms with Crippen LogP contribution in [0.5, 0.6) is 0 Å². The van der Waals surface area contributed by atoms with Gasteiger partial charge in [0.15, 0.2) is 0 Å².